The van der Waals surface area contributed by atoms with Crippen LogP contribution in [0.5, 0.6) is 0 Å². The Kier molecular flexibility index (Phi) is 5.34. The summed E-state index contributed by atoms with van der Waals surface area (Å²) in [6.07, 6.45) is 0.890. The van der Waals surface area contributed by atoms with Crippen LogP contribution >= 0.6 is 0 Å². The van der Waals surface area contributed by atoms with Gasteiger partial charge in [-0.25, -0.2) is 4.99 Å². The van der Waals surface area contributed by atoms with Gasteiger partial charge in [0.05, 0.1) is 6.61 Å². The van der Waals surface area contributed by atoms with Crippen LogP contribution in [0.4, 0.5) is 0 Å². The number of aliphatic imine (C=N–C) groups is 1. The fourth-order valence-electron chi connectivity index (χ4n) is 4.04. The zero-order chi connectivity index (χ0) is 20.4. The Bertz CT molecular complexity index is 969. The molecule has 0 fully saturated rings. The molecule has 2 aromatic carbocycles. The molecular weight excluding hydrogens is 366 g/mol. The molecule has 0 saturated carbocycles. The molecule has 2 aromatic rings. The molecule has 0 radical (unpaired) electrons. The SMILES string of the molecule is CCOC(=O)[C@@H]1C(=O)NC(N2CCc3ccccc3C2)=N[C@H]1c1ccccc1C. The smallest absolute Gasteiger partial charge is 0.321 e. The van der Waals surface area contributed by atoms with Crippen molar-refractivity contribution in [2.45, 2.75) is 32.9 Å². The summed E-state index contributed by atoms with van der Waals surface area (Å²) >= 11 is 0. The maximum Gasteiger partial charge on any atom is 0.321 e. The summed E-state index contributed by atoms with van der Waals surface area (Å²) in [5, 5.41) is 2.86. The molecule has 0 unspecified atom stereocenters. The van der Waals surface area contributed by atoms with Crippen molar-refractivity contribution in [3.05, 3.63) is 70.8 Å². The highest BCUT2D eigenvalue weighted by molar-refractivity contribution is 6.08. The number of nitrogens with zero attached hydrogens (tertiary/aromatic N) is 2. The molecule has 6 nitrogen and oxygen atoms in total. The molecule has 4 rings (SSSR count). The summed E-state index contributed by atoms with van der Waals surface area (Å²) < 4.78 is 5.19. The molecule has 2 atom stereocenters. The largest absolute Gasteiger partial charge is 0.465 e. The molecule has 0 aromatic heterocycles. The summed E-state index contributed by atoms with van der Waals surface area (Å²) in [4.78, 5) is 32.5. The van der Waals surface area contributed by atoms with E-state index < -0.39 is 17.9 Å². The van der Waals surface area contributed by atoms with Gasteiger partial charge in [0.2, 0.25) is 11.9 Å². The number of hydrogen-bond acceptors (Lipinski definition) is 5. The molecule has 1 N–H and O–H groups in total. The fourth-order valence-corrected chi connectivity index (χ4v) is 4.04. The quantitative estimate of drug-likeness (QED) is 0.645. The third-order valence-corrected chi connectivity index (χ3v) is 5.57. The third-order valence-electron chi connectivity index (χ3n) is 5.57. The molecule has 150 valence electrons. The number of aryl methyl sites for hydroxylation is 1. The van der Waals surface area contributed by atoms with Crippen LogP contribution in [-0.4, -0.2) is 35.9 Å². The molecule has 0 saturated heterocycles. The minimum absolute atomic E-state index is 0.225. The Balaban J connectivity index is 1.70. The van der Waals surface area contributed by atoms with Crippen molar-refractivity contribution in [3.8, 4) is 0 Å². The van der Waals surface area contributed by atoms with Gasteiger partial charge in [0.15, 0.2) is 5.92 Å². The van der Waals surface area contributed by atoms with Gasteiger partial charge in [-0.15, -0.1) is 0 Å². The summed E-state index contributed by atoms with van der Waals surface area (Å²) in [6, 6.07) is 15.5. The fraction of sp³-hybridized carbons (Fsp3) is 0.348. The highest BCUT2D eigenvalue weighted by Gasteiger charge is 2.42. The highest BCUT2D eigenvalue weighted by Crippen LogP contribution is 2.33. The highest BCUT2D eigenvalue weighted by atomic mass is 16.5. The summed E-state index contributed by atoms with van der Waals surface area (Å²) in [7, 11) is 0. The van der Waals surface area contributed by atoms with Gasteiger partial charge >= 0.3 is 5.97 Å². The number of benzene rings is 2. The Morgan fingerprint density at radius 1 is 1.17 bits per heavy atom. The molecule has 0 bridgehead atoms. The number of carbonyl (C=O) groups excluding carboxylic acids is 2. The second-order valence-electron chi connectivity index (χ2n) is 7.41. The van der Waals surface area contributed by atoms with E-state index in [4.69, 9.17) is 9.73 Å². The first-order valence-corrected chi connectivity index (χ1v) is 10.0. The predicted octanol–water partition coefficient (Wildman–Crippen LogP) is 2.76. The molecular formula is C23H25N3O3. The monoisotopic (exact) mass is 391 g/mol. The molecule has 6 heteroatoms. The van der Waals surface area contributed by atoms with Crippen molar-refractivity contribution in [2.75, 3.05) is 13.2 Å². The topological polar surface area (TPSA) is 71.0 Å². The second-order valence-corrected chi connectivity index (χ2v) is 7.41. The van der Waals surface area contributed by atoms with Gasteiger partial charge in [-0.1, -0.05) is 48.5 Å². The lowest BCUT2D eigenvalue weighted by molar-refractivity contribution is -0.153. The van der Waals surface area contributed by atoms with Crippen molar-refractivity contribution in [1.82, 2.24) is 10.2 Å². The van der Waals surface area contributed by atoms with Gasteiger partial charge < -0.3 is 9.64 Å². The van der Waals surface area contributed by atoms with Crippen LogP contribution in [0.1, 0.15) is 35.2 Å². The number of amides is 1. The van der Waals surface area contributed by atoms with Crippen molar-refractivity contribution >= 4 is 17.8 Å². The molecule has 2 heterocycles. The third kappa shape index (κ3) is 3.75. The number of fused-ring (bicyclic) bond motifs is 1. The average Bonchev–Trinajstić information content (AvgIpc) is 2.73. The predicted molar refractivity (Wildman–Crippen MR) is 110 cm³/mol. The molecule has 0 aliphatic carbocycles. The zero-order valence-corrected chi connectivity index (χ0v) is 16.7. The lowest BCUT2D eigenvalue weighted by atomic mass is 9.89. The van der Waals surface area contributed by atoms with Crippen molar-refractivity contribution < 1.29 is 14.3 Å². The first-order chi connectivity index (χ1) is 14.1. The van der Waals surface area contributed by atoms with Gasteiger partial charge in [0.25, 0.3) is 0 Å². The lowest BCUT2D eigenvalue weighted by Gasteiger charge is -2.36. The number of carbonyl (C=O) groups is 2. The van der Waals surface area contributed by atoms with Gasteiger partial charge in [-0.05, 0) is 42.5 Å². The Morgan fingerprint density at radius 3 is 2.66 bits per heavy atom. The first kappa shape index (κ1) is 19.2. The number of hydrogen-bond donors (Lipinski definition) is 1. The van der Waals surface area contributed by atoms with E-state index in [1.54, 1.807) is 6.92 Å². The summed E-state index contributed by atoms with van der Waals surface area (Å²) in [5.41, 5.74) is 4.42. The molecule has 0 spiro atoms. The molecule has 2 aliphatic heterocycles. The minimum atomic E-state index is -0.989. The summed E-state index contributed by atoms with van der Waals surface area (Å²) in [6.45, 7) is 5.38. The van der Waals surface area contributed by atoms with Crippen molar-refractivity contribution in [3.63, 3.8) is 0 Å². The van der Waals surface area contributed by atoms with Crippen molar-refractivity contribution in [1.29, 1.82) is 0 Å². The zero-order valence-electron chi connectivity index (χ0n) is 16.7. The van der Waals surface area contributed by atoms with E-state index in [0.717, 1.165) is 24.1 Å². The standard InChI is InChI=1S/C23H25N3O3/c1-3-29-22(28)19-20(18-11-7-4-8-15(18)2)24-23(25-21(19)27)26-13-12-16-9-5-6-10-17(16)14-26/h4-11,19-20H,3,12-14H2,1-2H3,(H,24,25,27)/t19-,20-/m0/s1. The first-order valence-electron chi connectivity index (χ1n) is 10.0. The Hall–Kier alpha value is -3.15. The normalized spacial score (nSPS) is 21.1. The van der Waals surface area contributed by atoms with E-state index in [1.807, 2.05) is 43.3 Å². The number of nitrogens with one attached hydrogen (secondary N) is 1. The van der Waals surface area contributed by atoms with E-state index in [9.17, 15) is 9.59 Å². The molecule has 1 amide bonds. The number of esters is 1. The summed E-state index contributed by atoms with van der Waals surface area (Å²) in [5.74, 6) is -1.36. The van der Waals surface area contributed by atoms with Crippen LogP contribution in [0.2, 0.25) is 0 Å². The number of guanidine groups is 1. The van der Waals surface area contributed by atoms with Gasteiger partial charge in [-0.3, -0.25) is 14.9 Å². The van der Waals surface area contributed by atoms with Crippen LogP contribution < -0.4 is 5.32 Å². The van der Waals surface area contributed by atoms with E-state index in [1.165, 1.54) is 11.1 Å². The van der Waals surface area contributed by atoms with Crippen LogP contribution in [0, 0.1) is 12.8 Å². The molecule has 2 aliphatic rings. The van der Waals surface area contributed by atoms with Crippen LogP contribution in [0.15, 0.2) is 53.5 Å². The van der Waals surface area contributed by atoms with Crippen LogP contribution in [0.3, 0.4) is 0 Å². The lowest BCUT2D eigenvalue weighted by Crippen LogP contribution is -2.53. The van der Waals surface area contributed by atoms with Crippen LogP contribution in [-0.2, 0) is 27.3 Å². The molecule has 29 heavy (non-hydrogen) atoms. The van der Waals surface area contributed by atoms with Crippen molar-refractivity contribution in [2.24, 2.45) is 10.9 Å². The maximum absolute atomic E-state index is 13.0. The van der Waals surface area contributed by atoms with Gasteiger partial charge in [0, 0.05) is 13.1 Å². The van der Waals surface area contributed by atoms with E-state index in [-0.39, 0.29) is 12.5 Å². The second kappa shape index (κ2) is 8.07. The minimum Gasteiger partial charge on any atom is -0.465 e. The van der Waals surface area contributed by atoms with E-state index >= 15 is 0 Å². The average molecular weight is 391 g/mol. The number of rotatable bonds is 3. The Morgan fingerprint density at radius 2 is 1.90 bits per heavy atom. The van der Waals surface area contributed by atoms with E-state index in [0.29, 0.717) is 12.5 Å². The maximum atomic E-state index is 13.0. The van der Waals surface area contributed by atoms with Gasteiger partial charge in [-0.2, -0.15) is 0 Å². The Labute approximate surface area is 170 Å². The number of ether oxygens (including phenoxy) is 1. The van der Waals surface area contributed by atoms with Crippen LogP contribution in [0.25, 0.3) is 0 Å². The van der Waals surface area contributed by atoms with E-state index in [2.05, 4.69) is 22.3 Å². The van der Waals surface area contributed by atoms with Gasteiger partial charge in [0.1, 0.15) is 6.04 Å².